The zero-order valence-corrected chi connectivity index (χ0v) is 18.9. The number of alkyl halides is 3. The molecule has 0 unspecified atom stereocenters. The van der Waals surface area contributed by atoms with Crippen LogP contribution in [-0.4, -0.2) is 29.0 Å². The summed E-state index contributed by atoms with van der Waals surface area (Å²) in [6.07, 6.45) is 2.00. The molecule has 0 heterocycles. The minimum absolute atomic E-state index is 0.572. The maximum atomic E-state index is 12.4. The SMILES string of the molecule is CCCCOc1ccc([I+]c2ccc(S(=O)(=O)NS(=O)(=O)C(F)(F)F)cc2)cc1. The molecular formula is C17H18F3INO5S2+. The molecule has 0 bridgehead atoms. The van der Waals surface area contributed by atoms with E-state index in [4.69, 9.17) is 4.74 Å². The van der Waals surface area contributed by atoms with E-state index in [9.17, 15) is 30.0 Å². The Balaban J connectivity index is 2.06. The third-order valence-corrected chi connectivity index (χ3v) is 9.39. The second-order valence-electron chi connectivity index (χ2n) is 5.74. The number of hydrogen-bond donors (Lipinski definition) is 1. The van der Waals surface area contributed by atoms with Crippen LogP contribution in [0.4, 0.5) is 13.2 Å². The van der Waals surface area contributed by atoms with E-state index in [1.165, 1.54) is 12.1 Å². The fourth-order valence-corrected chi connectivity index (χ4v) is 6.54. The van der Waals surface area contributed by atoms with Crippen LogP contribution < -0.4 is 30.1 Å². The first-order valence-corrected chi connectivity index (χ1v) is 13.4. The standard InChI is InChI=1S/C17H18F3INO5S2/c1-2-3-12-27-15-8-4-13(5-9-15)21-14-6-10-16(11-7-14)28(23,24)22-29(25,26)17(18,19)20/h4-11,22H,2-3,12H2,1H3/q+1. The Morgan fingerprint density at radius 1 is 0.931 bits per heavy atom. The summed E-state index contributed by atoms with van der Waals surface area (Å²) in [7, 11) is -10.9. The van der Waals surface area contributed by atoms with Gasteiger partial charge in [-0.05, 0) is 55.0 Å². The van der Waals surface area contributed by atoms with E-state index in [0.717, 1.165) is 37.9 Å². The van der Waals surface area contributed by atoms with Crippen LogP contribution in [0.2, 0.25) is 0 Å². The lowest BCUT2D eigenvalue weighted by Crippen LogP contribution is -3.61. The minimum atomic E-state index is -6.02. The van der Waals surface area contributed by atoms with Crippen molar-refractivity contribution in [1.82, 2.24) is 4.13 Å². The van der Waals surface area contributed by atoms with Gasteiger partial charge in [-0.1, -0.05) is 17.5 Å². The van der Waals surface area contributed by atoms with Crippen LogP contribution in [0.5, 0.6) is 5.75 Å². The zero-order chi connectivity index (χ0) is 21.7. The smallest absolute Gasteiger partial charge is 0.494 e. The van der Waals surface area contributed by atoms with Crippen molar-refractivity contribution >= 4 is 20.0 Å². The molecule has 0 aliphatic rings. The summed E-state index contributed by atoms with van der Waals surface area (Å²) in [5, 5.41) is 0. The van der Waals surface area contributed by atoms with Gasteiger partial charge in [-0.25, -0.2) is 16.8 Å². The predicted molar refractivity (Wildman–Crippen MR) is 96.0 cm³/mol. The van der Waals surface area contributed by atoms with Crippen LogP contribution in [0.3, 0.4) is 0 Å². The predicted octanol–water partition coefficient (Wildman–Crippen LogP) is 0.122. The van der Waals surface area contributed by atoms with Crippen molar-refractivity contribution in [2.45, 2.75) is 30.2 Å². The first-order valence-electron chi connectivity index (χ1n) is 8.27. The van der Waals surface area contributed by atoms with E-state index >= 15 is 0 Å². The van der Waals surface area contributed by atoms with Gasteiger partial charge in [-0.3, -0.25) is 0 Å². The molecule has 6 nitrogen and oxygen atoms in total. The number of hydrogen-bond acceptors (Lipinski definition) is 5. The monoisotopic (exact) mass is 564 g/mol. The maximum Gasteiger partial charge on any atom is 0.512 e. The van der Waals surface area contributed by atoms with Crippen molar-refractivity contribution in [3.8, 4) is 5.75 Å². The average Bonchev–Trinajstić information content (AvgIpc) is 2.62. The van der Waals surface area contributed by atoms with E-state index in [1.807, 2.05) is 24.3 Å². The minimum Gasteiger partial charge on any atom is -0.494 e. The number of nitrogens with one attached hydrogen (secondary N) is 1. The highest BCUT2D eigenvalue weighted by Gasteiger charge is 2.48. The third kappa shape index (κ3) is 6.83. The van der Waals surface area contributed by atoms with Crippen molar-refractivity contribution < 1.29 is 55.9 Å². The van der Waals surface area contributed by atoms with Gasteiger partial charge in [0, 0.05) is 0 Å². The quantitative estimate of drug-likeness (QED) is 0.346. The van der Waals surface area contributed by atoms with E-state index in [2.05, 4.69) is 6.92 Å². The highest BCUT2D eigenvalue weighted by Crippen LogP contribution is 2.23. The first-order chi connectivity index (χ1) is 13.4. The van der Waals surface area contributed by atoms with Crippen molar-refractivity contribution in [1.29, 1.82) is 0 Å². The summed E-state index contributed by atoms with van der Waals surface area (Å²) < 4.78 is 91.2. The molecule has 0 saturated carbocycles. The fraction of sp³-hybridized carbons (Fsp3) is 0.294. The molecule has 0 atom stereocenters. The largest absolute Gasteiger partial charge is 0.512 e. The summed E-state index contributed by atoms with van der Waals surface area (Å²) in [6, 6.07) is 12.5. The average molecular weight is 564 g/mol. The first kappa shape index (κ1) is 23.9. The van der Waals surface area contributed by atoms with Crippen molar-refractivity contribution in [2.24, 2.45) is 0 Å². The zero-order valence-electron chi connectivity index (χ0n) is 15.1. The lowest BCUT2D eigenvalue weighted by Gasteiger charge is -2.09. The van der Waals surface area contributed by atoms with Gasteiger partial charge in [0.2, 0.25) is 0 Å². The van der Waals surface area contributed by atoms with Gasteiger partial charge in [0.1, 0.15) is 5.75 Å². The Morgan fingerprint density at radius 3 is 1.93 bits per heavy atom. The van der Waals surface area contributed by atoms with Crippen LogP contribution in [0, 0.1) is 7.14 Å². The molecule has 2 aromatic carbocycles. The van der Waals surface area contributed by atoms with Crippen LogP contribution in [0.15, 0.2) is 53.4 Å². The Labute approximate surface area is 177 Å². The lowest BCUT2D eigenvalue weighted by molar-refractivity contribution is -0.597. The molecule has 0 spiro atoms. The number of unbranched alkanes of at least 4 members (excludes halogenated alkanes) is 1. The summed E-state index contributed by atoms with van der Waals surface area (Å²) >= 11 is -0.666. The maximum absolute atomic E-state index is 12.4. The van der Waals surface area contributed by atoms with Gasteiger partial charge in [0.05, 0.1) is 11.5 Å². The van der Waals surface area contributed by atoms with E-state index < -0.39 is 51.7 Å². The third-order valence-electron chi connectivity index (χ3n) is 3.45. The molecule has 12 heteroatoms. The molecule has 29 heavy (non-hydrogen) atoms. The molecular weight excluding hydrogens is 546 g/mol. The van der Waals surface area contributed by atoms with Gasteiger partial charge < -0.3 is 4.74 Å². The Hall–Kier alpha value is -1.38. The van der Waals surface area contributed by atoms with Gasteiger partial charge in [-0.15, -0.1) is 0 Å². The van der Waals surface area contributed by atoms with E-state index in [1.54, 1.807) is 0 Å². The van der Waals surface area contributed by atoms with Gasteiger partial charge in [0.25, 0.3) is 10.0 Å². The van der Waals surface area contributed by atoms with Crippen molar-refractivity contribution in [3.05, 3.63) is 55.7 Å². The number of benzene rings is 2. The fourth-order valence-electron chi connectivity index (χ4n) is 1.97. The normalized spacial score (nSPS) is 12.7. The van der Waals surface area contributed by atoms with Crippen LogP contribution in [-0.2, 0) is 20.0 Å². The molecule has 0 aromatic heterocycles. The summed E-state index contributed by atoms with van der Waals surface area (Å²) in [5.41, 5.74) is -5.72. The summed E-state index contributed by atoms with van der Waals surface area (Å²) in [5.74, 6) is 0.754. The van der Waals surface area contributed by atoms with E-state index in [0.29, 0.717) is 10.7 Å². The van der Waals surface area contributed by atoms with E-state index in [-0.39, 0.29) is 0 Å². The Kier molecular flexibility index (Phi) is 7.93. The number of ether oxygens (including phenoxy) is 1. The number of rotatable bonds is 9. The molecule has 0 aliphatic heterocycles. The molecule has 0 fully saturated rings. The second kappa shape index (κ2) is 9.62. The molecule has 2 rings (SSSR count). The Bertz CT molecular complexity index is 1020. The van der Waals surface area contributed by atoms with Gasteiger partial charge in [-0.2, -0.15) is 13.2 Å². The lowest BCUT2D eigenvalue weighted by atomic mass is 10.3. The topological polar surface area (TPSA) is 89.5 Å². The highest BCUT2D eigenvalue weighted by atomic mass is 127. The molecule has 0 saturated heterocycles. The van der Waals surface area contributed by atoms with Crippen LogP contribution in [0.1, 0.15) is 19.8 Å². The molecule has 0 aliphatic carbocycles. The van der Waals surface area contributed by atoms with Crippen LogP contribution >= 0.6 is 0 Å². The molecule has 2 aromatic rings. The van der Waals surface area contributed by atoms with Crippen LogP contribution in [0.25, 0.3) is 0 Å². The highest BCUT2D eigenvalue weighted by molar-refractivity contribution is 8.05. The summed E-state index contributed by atoms with van der Waals surface area (Å²) in [4.78, 5) is -0.572. The number of halogens is 4. The number of sulfonamides is 2. The molecule has 160 valence electrons. The molecule has 0 amide bonds. The van der Waals surface area contributed by atoms with Crippen molar-refractivity contribution in [2.75, 3.05) is 6.61 Å². The van der Waals surface area contributed by atoms with Gasteiger partial charge in [0.15, 0.2) is 7.14 Å². The molecule has 1 N–H and O–H groups in total. The summed E-state index contributed by atoms with van der Waals surface area (Å²) in [6.45, 7) is 2.71. The molecule has 0 radical (unpaired) electrons. The second-order valence-corrected chi connectivity index (χ2v) is 12.4. The Morgan fingerprint density at radius 2 is 1.45 bits per heavy atom. The van der Waals surface area contributed by atoms with Gasteiger partial charge >= 0.3 is 36.7 Å². The van der Waals surface area contributed by atoms with Crippen molar-refractivity contribution in [3.63, 3.8) is 0 Å².